The van der Waals surface area contributed by atoms with Crippen molar-refractivity contribution in [2.24, 2.45) is 0 Å². The Morgan fingerprint density at radius 1 is 0.943 bits per heavy atom. The van der Waals surface area contributed by atoms with Crippen LogP contribution in [0.5, 0.6) is 0 Å². The normalized spacial score (nSPS) is 14.5. The summed E-state index contributed by atoms with van der Waals surface area (Å²) in [5.41, 5.74) is -1.04. The Kier molecular flexibility index (Phi) is 8.97. The second kappa shape index (κ2) is 11.9. The Morgan fingerprint density at radius 2 is 1.60 bits per heavy atom. The van der Waals surface area contributed by atoms with Crippen molar-refractivity contribution in [3.05, 3.63) is 58.5 Å². The van der Waals surface area contributed by atoms with E-state index < -0.39 is 40.5 Å². The molecule has 0 atom stereocenters. The van der Waals surface area contributed by atoms with Crippen molar-refractivity contribution in [1.82, 2.24) is 14.7 Å². The second-order valence-electron chi connectivity index (χ2n) is 8.33. The first kappa shape index (κ1) is 26.3. The number of esters is 1. The summed E-state index contributed by atoms with van der Waals surface area (Å²) in [4.78, 5) is 42.1. The van der Waals surface area contributed by atoms with Gasteiger partial charge in [-0.25, -0.2) is 8.78 Å². The van der Waals surface area contributed by atoms with Gasteiger partial charge >= 0.3 is 5.97 Å². The Labute approximate surface area is 203 Å². The van der Waals surface area contributed by atoms with Crippen LogP contribution in [0.3, 0.4) is 0 Å². The van der Waals surface area contributed by atoms with E-state index in [0.29, 0.717) is 57.2 Å². The molecule has 1 aromatic heterocycles. The highest BCUT2D eigenvalue weighted by atomic mass is 19.1. The number of hydrogen-bond donors (Lipinski definition) is 0. The van der Waals surface area contributed by atoms with Crippen molar-refractivity contribution < 1.29 is 32.3 Å². The highest BCUT2D eigenvalue weighted by Crippen LogP contribution is 2.23. The van der Waals surface area contributed by atoms with Gasteiger partial charge in [-0.05, 0) is 44.5 Å². The molecule has 0 saturated carbocycles. The van der Waals surface area contributed by atoms with Gasteiger partial charge < -0.3 is 19.0 Å². The number of rotatable bonds is 8. The average Bonchev–Trinajstić information content (AvgIpc) is 3.15. The molecule has 0 radical (unpaired) electrons. The SMILES string of the molecule is CCN(CC)C(=O)c1c(F)ccc(F)c1C(=O)N1CCCN(Cc2ccc(COC(C)=O)o2)CC1. The molecule has 1 fully saturated rings. The van der Waals surface area contributed by atoms with Gasteiger partial charge in [0, 0.05) is 46.2 Å². The predicted octanol–water partition coefficient (Wildman–Crippen LogP) is 3.45. The fourth-order valence-electron chi connectivity index (χ4n) is 4.11. The van der Waals surface area contributed by atoms with E-state index in [-0.39, 0.29) is 13.2 Å². The molecular formula is C25H31F2N3O5. The molecule has 0 bridgehead atoms. The number of ether oxygens (including phenoxy) is 1. The highest BCUT2D eigenvalue weighted by molar-refractivity contribution is 6.07. The molecule has 0 unspecified atom stereocenters. The lowest BCUT2D eigenvalue weighted by Gasteiger charge is -2.25. The second-order valence-corrected chi connectivity index (χ2v) is 8.33. The van der Waals surface area contributed by atoms with Crippen molar-refractivity contribution in [2.45, 2.75) is 40.3 Å². The van der Waals surface area contributed by atoms with E-state index in [9.17, 15) is 23.2 Å². The van der Waals surface area contributed by atoms with E-state index in [1.165, 1.54) is 16.7 Å². The third-order valence-corrected chi connectivity index (χ3v) is 5.97. The fraction of sp³-hybridized carbons (Fsp3) is 0.480. The number of furan rings is 1. The monoisotopic (exact) mass is 491 g/mol. The summed E-state index contributed by atoms with van der Waals surface area (Å²) in [6.45, 7) is 7.76. The lowest BCUT2D eigenvalue weighted by atomic mass is 10.0. The maximum atomic E-state index is 14.8. The summed E-state index contributed by atoms with van der Waals surface area (Å²) in [7, 11) is 0. The minimum atomic E-state index is -0.913. The maximum absolute atomic E-state index is 14.8. The smallest absolute Gasteiger partial charge is 0.303 e. The zero-order valence-electron chi connectivity index (χ0n) is 20.3. The van der Waals surface area contributed by atoms with Crippen LogP contribution >= 0.6 is 0 Å². The van der Waals surface area contributed by atoms with Gasteiger partial charge in [0.25, 0.3) is 11.8 Å². The molecule has 2 aromatic rings. The third kappa shape index (κ3) is 6.45. The van der Waals surface area contributed by atoms with Crippen LogP contribution in [0.25, 0.3) is 0 Å². The van der Waals surface area contributed by atoms with Gasteiger partial charge in [0.15, 0.2) is 0 Å². The van der Waals surface area contributed by atoms with Crippen LogP contribution in [-0.2, 0) is 22.7 Å². The number of amides is 2. The van der Waals surface area contributed by atoms with Crippen molar-refractivity contribution in [3.8, 4) is 0 Å². The van der Waals surface area contributed by atoms with Crippen LogP contribution in [0.2, 0.25) is 0 Å². The lowest BCUT2D eigenvalue weighted by molar-refractivity contribution is -0.142. The Hall–Kier alpha value is -3.27. The predicted molar refractivity (Wildman–Crippen MR) is 124 cm³/mol. The van der Waals surface area contributed by atoms with E-state index in [1.54, 1.807) is 26.0 Å². The number of hydrogen-bond acceptors (Lipinski definition) is 6. The summed E-state index contributed by atoms with van der Waals surface area (Å²) in [6.07, 6.45) is 0.614. The number of halogens is 2. The van der Waals surface area contributed by atoms with Crippen LogP contribution in [0.15, 0.2) is 28.7 Å². The molecule has 1 aliphatic rings. The van der Waals surface area contributed by atoms with Crippen molar-refractivity contribution >= 4 is 17.8 Å². The van der Waals surface area contributed by atoms with Gasteiger partial charge in [0.1, 0.15) is 29.8 Å². The third-order valence-electron chi connectivity index (χ3n) is 5.97. The molecule has 1 aromatic carbocycles. The lowest BCUT2D eigenvalue weighted by Crippen LogP contribution is -2.38. The number of carbonyl (C=O) groups is 3. The molecule has 3 rings (SSSR count). The van der Waals surface area contributed by atoms with Gasteiger partial charge in [-0.15, -0.1) is 0 Å². The number of carbonyl (C=O) groups excluding carboxylic acids is 3. The van der Waals surface area contributed by atoms with E-state index in [2.05, 4.69) is 4.90 Å². The van der Waals surface area contributed by atoms with Gasteiger partial charge in [-0.3, -0.25) is 19.3 Å². The molecule has 8 nitrogen and oxygen atoms in total. The summed E-state index contributed by atoms with van der Waals surface area (Å²) >= 11 is 0. The van der Waals surface area contributed by atoms with Crippen molar-refractivity contribution in [1.29, 1.82) is 0 Å². The summed E-state index contributed by atoms with van der Waals surface area (Å²) in [5.74, 6) is -2.38. The zero-order valence-corrected chi connectivity index (χ0v) is 20.3. The molecule has 0 N–H and O–H groups in total. The van der Waals surface area contributed by atoms with E-state index in [1.807, 2.05) is 0 Å². The molecule has 2 heterocycles. The van der Waals surface area contributed by atoms with Crippen LogP contribution in [0, 0.1) is 11.6 Å². The van der Waals surface area contributed by atoms with Crippen molar-refractivity contribution in [3.63, 3.8) is 0 Å². The van der Waals surface area contributed by atoms with Crippen LogP contribution in [0.4, 0.5) is 8.78 Å². The van der Waals surface area contributed by atoms with Gasteiger partial charge in [-0.1, -0.05) is 0 Å². The summed E-state index contributed by atoms with van der Waals surface area (Å²) in [6, 6.07) is 5.31. The number of benzene rings is 1. The molecule has 1 aliphatic heterocycles. The number of nitrogens with zero attached hydrogens (tertiary/aromatic N) is 3. The fourth-order valence-corrected chi connectivity index (χ4v) is 4.11. The maximum Gasteiger partial charge on any atom is 0.303 e. The van der Waals surface area contributed by atoms with Gasteiger partial charge in [0.05, 0.1) is 17.7 Å². The van der Waals surface area contributed by atoms with E-state index in [0.717, 1.165) is 12.1 Å². The molecular weight excluding hydrogens is 460 g/mol. The highest BCUT2D eigenvalue weighted by Gasteiger charge is 2.31. The minimum Gasteiger partial charge on any atom is -0.461 e. The molecule has 2 amide bonds. The molecule has 10 heteroatoms. The molecule has 1 saturated heterocycles. The first-order chi connectivity index (χ1) is 16.7. The first-order valence-electron chi connectivity index (χ1n) is 11.7. The van der Waals surface area contributed by atoms with Crippen LogP contribution in [-0.4, -0.2) is 71.8 Å². The van der Waals surface area contributed by atoms with Crippen LogP contribution in [0.1, 0.15) is 59.4 Å². The first-order valence-corrected chi connectivity index (χ1v) is 11.7. The van der Waals surface area contributed by atoms with Crippen molar-refractivity contribution in [2.75, 3.05) is 39.3 Å². The quantitative estimate of drug-likeness (QED) is 0.526. The Morgan fingerprint density at radius 3 is 2.26 bits per heavy atom. The standard InChI is InChI=1S/C25H31F2N3O5/c1-4-29(5-2)24(32)22-20(26)9-10-21(27)23(22)25(33)30-12-6-11-28(13-14-30)15-18-7-8-19(35-18)16-34-17(3)31/h7-10H,4-6,11-16H2,1-3H3. The summed E-state index contributed by atoms with van der Waals surface area (Å²) < 4.78 is 40.1. The Balaban J connectivity index is 1.71. The summed E-state index contributed by atoms with van der Waals surface area (Å²) in [5, 5.41) is 0. The van der Waals surface area contributed by atoms with E-state index in [4.69, 9.17) is 9.15 Å². The Bertz CT molecular complexity index is 1070. The largest absolute Gasteiger partial charge is 0.461 e. The molecule has 0 spiro atoms. The van der Waals surface area contributed by atoms with E-state index >= 15 is 0 Å². The topological polar surface area (TPSA) is 83.3 Å². The zero-order chi connectivity index (χ0) is 25.5. The minimum absolute atomic E-state index is 0.0609. The average molecular weight is 492 g/mol. The molecule has 35 heavy (non-hydrogen) atoms. The van der Waals surface area contributed by atoms with Gasteiger partial charge in [0.2, 0.25) is 0 Å². The molecule has 190 valence electrons. The molecule has 0 aliphatic carbocycles. The van der Waals surface area contributed by atoms with Gasteiger partial charge in [-0.2, -0.15) is 0 Å². The van der Waals surface area contributed by atoms with Crippen LogP contribution < -0.4 is 0 Å².